The molecule has 0 bridgehead atoms. The maximum atomic E-state index is 12.6. The second kappa shape index (κ2) is 10.9. The molecule has 148 valence electrons. The molecule has 0 heterocycles. The third-order valence-electron chi connectivity index (χ3n) is 4.05. The third-order valence-corrected chi connectivity index (χ3v) is 4.05. The van der Waals surface area contributed by atoms with Crippen LogP contribution in [0.3, 0.4) is 0 Å². The summed E-state index contributed by atoms with van der Waals surface area (Å²) in [5.41, 5.74) is 2.49. The zero-order valence-electron chi connectivity index (χ0n) is 16.6. The van der Waals surface area contributed by atoms with Crippen LogP contribution in [0.15, 0.2) is 54.1 Å². The maximum Gasteiger partial charge on any atom is 0.342 e. The van der Waals surface area contributed by atoms with Crippen LogP contribution in [-0.2, 0) is 20.9 Å². The van der Waals surface area contributed by atoms with Crippen LogP contribution in [0.1, 0.15) is 48.2 Å². The van der Waals surface area contributed by atoms with Gasteiger partial charge in [0.2, 0.25) is 0 Å². The van der Waals surface area contributed by atoms with E-state index in [4.69, 9.17) is 14.2 Å². The van der Waals surface area contributed by atoms with Crippen molar-refractivity contribution in [3.8, 4) is 5.75 Å². The van der Waals surface area contributed by atoms with Crippen molar-refractivity contribution < 1.29 is 23.8 Å². The van der Waals surface area contributed by atoms with Gasteiger partial charge in [-0.15, -0.1) is 0 Å². The normalized spacial score (nSPS) is 11.0. The van der Waals surface area contributed by atoms with Crippen LogP contribution in [0.5, 0.6) is 5.75 Å². The van der Waals surface area contributed by atoms with E-state index < -0.39 is 5.97 Å². The predicted molar refractivity (Wildman–Crippen MR) is 108 cm³/mol. The van der Waals surface area contributed by atoms with E-state index in [2.05, 4.69) is 0 Å². The molecule has 0 radical (unpaired) electrons. The van der Waals surface area contributed by atoms with Crippen molar-refractivity contribution in [2.24, 2.45) is 0 Å². The van der Waals surface area contributed by atoms with Crippen LogP contribution in [0.2, 0.25) is 0 Å². The Morgan fingerprint density at radius 1 is 1.00 bits per heavy atom. The Morgan fingerprint density at radius 3 is 2.39 bits per heavy atom. The minimum atomic E-state index is -0.482. The first kappa shape index (κ1) is 21.2. The van der Waals surface area contributed by atoms with Crippen LogP contribution in [0, 0.1) is 0 Å². The van der Waals surface area contributed by atoms with Gasteiger partial charge in [0.1, 0.15) is 17.9 Å². The first-order valence-corrected chi connectivity index (χ1v) is 9.35. The molecular formula is C23H26O5. The standard InChI is InChI=1S/C23H26O5/c1-4-9-19(22(24)27-5-2)14-18-12-13-21(26-3)20(15-18)23(25)28-16-17-10-7-6-8-11-17/h6-8,10-15H,4-5,9,16H2,1-3H3/b19-14+. The highest BCUT2D eigenvalue weighted by Crippen LogP contribution is 2.24. The second-order valence-corrected chi connectivity index (χ2v) is 6.16. The van der Waals surface area contributed by atoms with E-state index in [1.54, 1.807) is 31.2 Å². The quantitative estimate of drug-likeness (QED) is 0.460. The molecule has 2 aromatic rings. The van der Waals surface area contributed by atoms with Gasteiger partial charge >= 0.3 is 11.9 Å². The molecule has 0 atom stereocenters. The van der Waals surface area contributed by atoms with Crippen molar-refractivity contribution in [2.45, 2.75) is 33.3 Å². The van der Waals surface area contributed by atoms with E-state index in [0.717, 1.165) is 12.0 Å². The van der Waals surface area contributed by atoms with Gasteiger partial charge in [0, 0.05) is 5.57 Å². The van der Waals surface area contributed by atoms with Gasteiger partial charge in [-0.3, -0.25) is 0 Å². The predicted octanol–water partition coefficient (Wildman–Crippen LogP) is 4.80. The molecule has 0 aliphatic rings. The van der Waals surface area contributed by atoms with Crippen LogP contribution in [0.4, 0.5) is 0 Å². The lowest BCUT2D eigenvalue weighted by atomic mass is 10.0. The molecule has 0 aromatic heterocycles. The summed E-state index contributed by atoms with van der Waals surface area (Å²) in [6.45, 7) is 4.26. The van der Waals surface area contributed by atoms with Crippen LogP contribution < -0.4 is 4.74 Å². The molecule has 5 nitrogen and oxygen atoms in total. The smallest absolute Gasteiger partial charge is 0.342 e. The van der Waals surface area contributed by atoms with Gasteiger partial charge in [0.15, 0.2) is 0 Å². The Hall–Kier alpha value is -3.08. The number of ether oxygens (including phenoxy) is 3. The third kappa shape index (κ3) is 5.98. The first-order chi connectivity index (χ1) is 13.6. The molecule has 0 aliphatic carbocycles. The highest BCUT2D eigenvalue weighted by atomic mass is 16.5. The van der Waals surface area contributed by atoms with Crippen LogP contribution in [0.25, 0.3) is 6.08 Å². The first-order valence-electron chi connectivity index (χ1n) is 9.35. The molecule has 0 spiro atoms. The van der Waals surface area contributed by atoms with E-state index in [-0.39, 0.29) is 12.6 Å². The van der Waals surface area contributed by atoms with Crippen molar-refractivity contribution in [1.29, 1.82) is 0 Å². The van der Waals surface area contributed by atoms with E-state index in [1.807, 2.05) is 37.3 Å². The van der Waals surface area contributed by atoms with E-state index >= 15 is 0 Å². The molecular weight excluding hydrogens is 356 g/mol. The number of carbonyl (C=O) groups excluding carboxylic acids is 2. The Bertz CT molecular complexity index is 824. The van der Waals surface area contributed by atoms with Gasteiger partial charge in [-0.2, -0.15) is 0 Å². The molecule has 0 unspecified atom stereocenters. The zero-order chi connectivity index (χ0) is 20.4. The molecule has 0 saturated heterocycles. The molecule has 0 fully saturated rings. The van der Waals surface area contributed by atoms with Crippen molar-refractivity contribution in [3.05, 3.63) is 70.8 Å². The highest BCUT2D eigenvalue weighted by Gasteiger charge is 2.16. The summed E-state index contributed by atoms with van der Waals surface area (Å²) in [5.74, 6) is -0.402. The summed E-state index contributed by atoms with van der Waals surface area (Å²) in [7, 11) is 1.50. The van der Waals surface area contributed by atoms with E-state index in [1.165, 1.54) is 7.11 Å². The fraction of sp³-hybridized carbons (Fsp3) is 0.304. The number of hydrogen-bond acceptors (Lipinski definition) is 5. The van der Waals surface area contributed by atoms with Gasteiger partial charge in [0.05, 0.1) is 13.7 Å². The van der Waals surface area contributed by atoms with Gasteiger partial charge in [-0.05, 0) is 42.7 Å². The molecule has 0 aliphatic heterocycles. The molecule has 0 saturated carbocycles. The van der Waals surface area contributed by atoms with Gasteiger partial charge < -0.3 is 14.2 Å². The lowest BCUT2D eigenvalue weighted by Crippen LogP contribution is -2.09. The lowest BCUT2D eigenvalue weighted by molar-refractivity contribution is -0.138. The summed E-state index contributed by atoms with van der Waals surface area (Å²) in [5, 5.41) is 0. The Labute approximate surface area is 165 Å². The molecule has 0 N–H and O–H groups in total. The number of esters is 2. The van der Waals surface area contributed by atoms with Crippen LogP contribution in [-0.4, -0.2) is 25.7 Å². The summed E-state index contributed by atoms with van der Waals surface area (Å²) in [6.07, 6.45) is 3.15. The second-order valence-electron chi connectivity index (χ2n) is 6.16. The van der Waals surface area contributed by atoms with Crippen molar-refractivity contribution >= 4 is 18.0 Å². The average Bonchev–Trinajstić information content (AvgIpc) is 2.72. The van der Waals surface area contributed by atoms with Crippen molar-refractivity contribution in [2.75, 3.05) is 13.7 Å². The van der Waals surface area contributed by atoms with Gasteiger partial charge in [0.25, 0.3) is 0 Å². The molecule has 2 aromatic carbocycles. The Morgan fingerprint density at radius 2 is 1.75 bits per heavy atom. The van der Waals surface area contributed by atoms with Gasteiger partial charge in [-0.1, -0.05) is 49.7 Å². The monoisotopic (exact) mass is 382 g/mol. The molecule has 2 rings (SSSR count). The maximum absolute atomic E-state index is 12.6. The van der Waals surface area contributed by atoms with Crippen molar-refractivity contribution in [3.63, 3.8) is 0 Å². The molecule has 28 heavy (non-hydrogen) atoms. The average molecular weight is 382 g/mol. The Kier molecular flexibility index (Phi) is 8.28. The summed E-state index contributed by atoms with van der Waals surface area (Å²) in [6, 6.07) is 14.6. The number of benzene rings is 2. The van der Waals surface area contributed by atoms with Gasteiger partial charge in [-0.25, -0.2) is 9.59 Å². The SMILES string of the molecule is CCC/C(=C\c1ccc(OC)c(C(=O)OCc2ccccc2)c1)C(=O)OCC. The largest absolute Gasteiger partial charge is 0.496 e. The number of rotatable bonds is 9. The lowest BCUT2D eigenvalue weighted by Gasteiger charge is -2.11. The Balaban J connectivity index is 2.25. The summed E-state index contributed by atoms with van der Waals surface area (Å²) in [4.78, 5) is 24.7. The minimum absolute atomic E-state index is 0.173. The highest BCUT2D eigenvalue weighted by molar-refractivity contribution is 5.96. The fourth-order valence-corrected chi connectivity index (χ4v) is 2.70. The summed E-state index contributed by atoms with van der Waals surface area (Å²) >= 11 is 0. The van der Waals surface area contributed by atoms with E-state index in [0.29, 0.717) is 35.5 Å². The van der Waals surface area contributed by atoms with Crippen LogP contribution >= 0.6 is 0 Å². The molecule has 0 amide bonds. The van der Waals surface area contributed by atoms with Crippen molar-refractivity contribution in [1.82, 2.24) is 0 Å². The summed E-state index contributed by atoms with van der Waals surface area (Å²) < 4.78 is 15.8. The van der Waals surface area contributed by atoms with E-state index in [9.17, 15) is 9.59 Å². The zero-order valence-corrected chi connectivity index (χ0v) is 16.6. The number of methoxy groups -OCH3 is 1. The molecule has 5 heteroatoms. The number of hydrogen-bond donors (Lipinski definition) is 0. The fourth-order valence-electron chi connectivity index (χ4n) is 2.70. The topological polar surface area (TPSA) is 61.8 Å². The minimum Gasteiger partial charge on any atom is -0.496 e. The number of carbonyl (C=O) groups is 2.